The van der Waals surface area contributed by atoms with E-state index in [2.05, 4.69) is 5.32 Å². The van der Waals surface area contributed by atoms with Crippen molar-refractivity contribution in [3.8, 4) is 0 Å². The van der Waals surface area contributed by atoms with E-state index in [9.17, 15) is 28.0 Å². The molecule has 3 rings (SSSR count). The van der Waals surface area contributed by atoms with E-state index in [-0.39, 0.29) is 25.1 Å². The summed E-state index contributed by atoms with van der Waals surface area (Å²) in [5.74, 6) is -4.40. The SMILES string of the molecule is O=C(COC(=O)CCCN1C(=O)c2ccccc2C1=O)Nc1ccc(F)c(F)c1. The molecule has 0 fully saturated rings. The molecule has 0 unspecified atom stereocenters. The molecule has 0 aliphatic carbocycles. The molecule has 1 aliphatic rings. The van der Waals surface area contributed by atoms with E-state index in [1.165, 1.54) is 6.07 Å². The van der Waals surface area contributed by atoms with Gasteiger partial charge in [-0.3, -0.25) is 24.1 Å². The first-order valence-corrected chi connectivity index (χ1v) is 8.72. The van der Waals surface area contributed by atoms with E-state index in [1.54, 1.807) is 24.3 Å². The van der Waals surface area contributed by atoms with Crippen molar-refractivity contribution in [3.05, 3.63) is 65.2 Å². The first-order chi connectivity index (χ1) is 13.9. The third-order valence-electron chi connectivity index (χ3n) is 4.21. The van der Waals surface area contributed by atoms with E-state index in [0.717, 1.165) is 17.0 Å². The Morgan fingerprint density at radius 3 is 2.24 bits per heavy atom. The van der Waals surface area contributed by atoms with Gasteiger partial charge in [0.25, 0.3) is 17.7 Å². The molecule has 1 aliphatic heterocycles. The van der Waals surface area contributed by atoms with Crippen LogP contribution in [-0.2, 0) is 14.3 Å². The first-order valence-electron chi connectivity index (χ1n) is 8.72. The van der Waals surface area contributed by atoms with E-state index < -0.39 is 41.9 Å². The zero-order valence-corrected chi connectivity index (χ0v) is 15.1. The molecule has 0 aromatic heterocycles. The van der Waals surface area contributed by atoms with Gasteiger partial charge < -0.3 is 10.1 Å². The molecule has 3 amide bonds. The third-order valence-corrected chi connectivity index (χ3v) is 4.21. The maximum absolute atomic E-state index is 13.1. The van der Waals surface area contributed by atoms with Gasteiger partial charge in [0.1, 0.15) is 0 Å². The summed E-state index contributed by atoms with van der Waals surface area (Å²) in [6, 6.07) is 9.28. The minimum atomic E-state index is -1.12. The number of imide groups is 1. The molecular weight excluding hydrogens is 386 g/mol. The van der Waals surface area contributed by atoms with Crippen LogP contribution in [0.5, 0.6) is 0 Å². The van der Waals surface area contributed by atoms with Gasteiger partial charge in [-0.05, 0) is 30.7 Å². The van der Waals surface area contributed by atoms with Gasteiger partial charge in [0.05, 0.1) is 11.1 Å². The second-order valence-electron chi connectivity index (χ2n) is 6.25. The lowest BCUT2D eigenvalue weighted by atomic mass is 10.1. The molecule has 1 heterocycles. The van der Waals surface area contributed by atoms with Crippen molar-refractivity contribution < 1.29 is 32.7 Å². The van der Waals surface area contributed by atoms with Crippen LogP contribution in [0, 0.1) is 11.6 Å². The zero-order valence-electron chi connectivity index (χ0n) is 15.1. The van der Waals surface area contributed by atoms with Crippen molar-refractivity contribution in [2.24, 2.45) is 0 Å². The summed E-state index contributed by atoms with van der Waals surface area (Å²) in [4.78, 5) is 48.9. The highest BCUT2D eigenvalue weighted by atomic mass is 19.2. The second kappa shape index (κ2) is 8.59. The van der Waals surface area contributed by atoms with Gasteiger partial charge in [-0.25, -0.2) is 8.78 Å². The summed E-state index contributed by atoms with van der Waals surface area (Å²) in [5, 5.41) is 2.27. The summed E-state index contributed by atoms with van der Waals surface area (Å²) < 4.78 is 30.7. The summed E-state index contributed by atoms with van der Waals surface area (Å²) in [5.41, 5.74) is 0.679. The minimum Gasteiger partial charge on any atom is -0.456 e. The number of fused-ring (bicyclic) bond motifs is 1. The van der Waals surface area contributed by atoms with Crippen LogP contribution >= 0.6 is 0 Å². The van der Waals surface area contributed by atoms with E-state index in [0.29, 0.717) is 11.1 Å². The molecule has 29 heavy (non-hydrogen) atoms. The number of carbonyl (C=O) groups excluding carboxylic acids is 4. The number of nitrogens with zero attached hydrogens (tertiary/aromatic N) is 1. The molecule has 0 spiro atoms. The highest BCUT2D eigenvalue weighted by Gasteiger charge is 2.34. The largest absolute Gasteiger partial charge is 0.456 e. The van der Waals surface area contributed by atoms with Gasteiger partial charge in [0.2, 0.25) is 0 Å². The summed E-state index contributed by atoms with van der Waals surface area (Å²) in [6.07, 6.45) is 0.0704. The zero-order chi connectivity index (χ0) is 21.0. The fraction of sp³-hybridized carbons (Fsp3) is 0.200. The smallest absolute Gasteiger partial charge is 0.306 e. The topological polar surface area (TPSA) is 92.8 Å². The molecule has 0 saturated heterocycles. The number of ether oxygens (including phenoxy) is 1. The van der Waals surface area contributed by atoms with E-state index in [4.69, 9.17) is 4.74 Å². The Morgan fingerprint density at radius 1 is 0.966 bits per heavy atom. The summed E-state index contributed by atoms with van der Waals surface area (Å²) in [7, 11) is 0. The number of hydrogen-bond donors (Lipinski definition) is 1. The maximum atomic E-state index is 13.1. The maximum Gasteiger partial charge on any atom is 0.306 e. The lowest BCUT2D eigenvalue weighted by Gasteiger charge is -2.13. The van der Waals surface area contributed by atoms with Crippen molar-refractivity contribution in [1.82, 2.24) is 4.90 Å². The van der Waals surface area contributed by atoms with Crippen molar-refractivity contribution in [3.63, 3.8) is 0 Å². The number of nitrogens with one attached hydrogen (secondary N) is 1. The quantitative estimate of drug-likeness (QED) is 0.568. The van der Waals surface area contributed by atoms with Crippen LogP contribution in [0.2, 0.25) is 0 Å². The average molecular weight is 402 g/mol. The second-order valence-corrected chi connectivity index (χ2v) is 6.25. The Balaban J connectivity index is 1.40. The molecule has 2 aromatic carbocycles. The molecule has 2 aromatic rings. The number of halogens is 2. The molecule has 0 atom stereocenters. The predicted molar refractivity (Wildman–Crippen MR) is 97.0 cm³/mol. The molecule has 0 bridgehead atoms. The van der Waals surface area contributed by atoms with E-state index >= 15 is 0 Å². The predicted octanol–water partition coefficient (Wildman–Crippen LogP) is 2.52. The van der Waals surface area contributed by atoms with Crippen LogP contribution in [-0.4, -0.2) is 41.7 Å². The average Bonchev–Trinajstić information content (AvgIpc) is 2.94. The molecule has 150 valence electrons. The number of hydrogen-bond acceptors (Lipinski definition) is 5. The standard InChI is InChI=1S/C20H16F2N2O5/c21-15-8-7-12(10-16(15)22)23-17(25)11-29-18(26)6-3-9-24-19(27)13-4-1-2-5-14(13)20(24)28/h1-2,4-5,7-8,10H,3,6,9,11H2,(H,23,25). The van der Waals surface area contributed by atoms with Gasteiger partial charge in [0, 0.05) is 24.7 Å². The van der Waals surface area contributed by atoms with Gasteiger partial charge in [0.15, 0.2) is 18.2 Å². The number of anilines is 1. The number of benzene rings is 2. The van der Waals surface area contributed by atoms with E-state index in [1.807, 2.05) is 0 Å². The number of rotatable bonds is 7. The molecular formula is C20H16F2N2O5. The molecule has 1 N–H and O–H groups in total. The summed E-state index contributed by atoms with van der Waals surface area (Å²) in [6.45, 7) is -0.562. The normalized spacial score (nSPS) is 12.7. The lowest BCUT2D eigenvalue weighted by Crippen LogP contribution is -2.31. The highest BCUT2D eigenvalue weighted by Crippen LogP contribution is 2.22. The number of carbonyl (C=O) groups is 4. The molecule has 7 nitrogen and oxygen atoms in total. The Hall–Kier alpha value is -3.62. The molecule has 9 heteroatoms. The Bertz CT molecular complexity index is 958. The van der Waals surface area contributed by atoms with Crippen LogP contribution in [0.25, 0.3) is 0 Å². The fourth-order valence-corrected chi connectivity index (χ4v) is 2.81. The Labute approximate surface area is 164 Å². The van der Waals surface area contributed by atoms with Gasteiger partial charge in [-0.1, -0.05) is 12.1 Å². The lowest BCUT2D eigenvalue weighted by molar-refractivity contribution is -0.147. The van der Waals surface area contributed by atoms with Crippen molar-refractivity contribution in [1.29, 1.82) is 0 Å². The van der Waals surface area contributed by atoms with Crippen LogP contribution in [0.4, 0.5) is 14.5 Å². The number of amides is 3. The Kier molecular flexibility index (Phi) is 5.96. The van der Waals surface area contributed by atoms with Crippen molar-refractivity contribution in [2.75, 3.05) is 18.5 Å². The molecule has 0 radical (unpaired) electrons. The van der Waals surface area contributed by atoms with Crippen LogP contribution < -0.4 is 5.32 Å². The number of esters is 1. The van der Waals surface area contributed by atoms with Crippen molar-refractivity contribution in [2.45, 2.75) is 12.8 Å². The van der Waals surface area contributed by atoms with Crippen molar-refractivity contribution >= 4 is 29.4 Å². The third kappa shape index (κ3) is 4.63. The monoisotopic (exact) mass is 402 g/mol. The first kappa shape index (κ1) is 20.1. The highest BCUT2D eigenvalue weighted by molar-refractivity contribution is 6.21. The van der Waals surface area contributed by atoms with Gasteiger partial charge >= 0.3 is 5.97 Å². The fourth-order valence-electron chi connectivity index (χ4n) is 2.81. The van der Waals surface area contributed by atoms with Crippen LogP contribution in [0.3, 0.4) is 0 Å². The minimum absolute atomic E-state index is 0.0237. The molecule has 0 saturated carbocycles. The van der Waals surface area contributed by atoms with Gasteiger partial charge in [-0.2, -0.15) is 0 Å². The van der Waals surface area contributed by atoms with Crippen LogP contribution in [0.15, 0.2) is 42.5 Å². The van der Waals surface area contributed by atoms with Crippen LogP contribution in [0.1, 0.15) is 33.6 Å². The van der Waals surface area contributed by atoms with Gasteiger partial charge in [-0.15, -0.1) is 0 Å². The summed E-state index contributed by atoms with van der Waals surface area (Å²) >= 11 is 0. The Morgan fingerprint density at radius 2 is 1.62 bits per heavy atom.